The molecule has 1 aromatic heterocycles. The molecule has 5 heteroatoms. The average Bonchev–Trinajstić information content (AvgIpc) is 3.10. The van der Waals surface area contributed by atoms with Crippen molar-refractivity contribution < 1.29 is 18.7 Å². The Morgan fingerprint density at radius 3 is 2.90 bits per heavy atom. The maximum absolute atomic E-state index is 13.5. The first-order chi connectivity index (χ1) is 10.2. The van der Waals surface area contributed by atoms with Crippen LogP contribution in [0.3, 0.4) is 0 Å². The van der Waals surface area contributed by atoms with Gasteiger partial charge < -0.3 is 9.52 Å². The second-order valence-corrected chi connectivity index (χ2v) is 5.21. The minimum atomic E-state index is -0.847. The van der Waals surface area contributed by atoms with E-state index in [4.69, 9.17) is 4.42 Å². The van der Waals surface area contributed by atoms with E-state index in [2.05, 4.69) is 0 Å². The van der Waals surface area contributed by atoms with E-state index in [1.807, 2.05) is 4.90 Å². The molecule has 0 radical (unpaired) electrons. The third-order valence-corrected chi connectivity index (χ3v) is 3.89. The molecule has 1 aromatic carbocycles. The zero-order valence-corrected chi connectivity index (χ0v) is 11.4. The molecule has 2 aromatic rings. The normalized spacial score (nSPS) is 20.5. The molecule has 2 atom stereocenters. The highest BCUT2D eigenvalue weighted by Gasteiger charge is 2.38. The number of aliphatic carboxylic acids is 1. The molecule has 1 aliphatic rings. The van der Waals surface area contributed by atoms with Crippen molar-refractivity contribution in [3.05, 3.63) is 59.8 Å². The lowest BCUT2D eigenvalue weighted by atomic mass is 10.0. The van der Waals surface area contributed by atoms with E-state index in [0.717, 1.165) is 6.42 Å². The van der Waals surface area contributed by atoms with E-state index in [9.17, 15) is 14.3 Å². The molecule has 1 N–H and O–H groups in total. The van der Waals surface area contributed by atoms with E-state index in [0.29, 0.717) is 24.3 Å². The summed E-state index contributed by atoms with van der Waals surface area (Å²) in [4.78, 5) is 13.3. The molecular formula is C16H16FNO3. The van der Waals surface area contributed by atoms with E-state index < -0.39 is 12.0 Å². The van der Waals surface area contributed by atoms with Crippen molar-refractivity contribution >= 4 is 5.97 Å². The van der Waals surface area contributed by atoms with Gasteiger partial charge in [0.25, 0.3) is 0 Å². The van der Waals surface area contributed by atoms with Crippen molar-refractivity contribution in [3.8, 4) is 0 Å². The maximum Gasteiger partial charge on any atom is 0.320 e. The Labute approximate surface area is 121 Å². The van der Waals surface area contributed by atoms with E-state index >= 15 is 0 Å². The van der Waals surface area contributed by atoms with Crippen LogP contribution in [0.25, 0.3) is 0 Å². The smallest absolute Gasteiger partial charge is 0.320 e. The van der Waals surface area contributed by atoms with Crippen molar-refractivity contribution in [2.45, 2.75) is 24.9 Å². The number of halogens is 1. The molecule has 0 saturated carbocycles. The van der Waals surface area contributed by atoms with Crippen LogP contribution < -0.4 is 0 Å². The Morgan fingerprint density at radius 1 is 1.38 bits per heavy atom. The summed E-state index contributed by atoms with van der Waals surface area (Å²) < 4.78 is 19.0. The lowest BCUT2D eigenvalue weighted by Crippen LogP contribution is -2.39. The molecule has 2 heterocycles. The summed E-state index contributed by atoms with van der Waals surface area (Å²) in [6.07, 6.45) is 2.96. The lowest BCUT2D eigenvalue weighted by molar-refractivity contribution is -0.142. The zero-order valence-electron chi connectivity index (χ0n) is 11.4. The van der Waals surface area contributed by atoms with Gasteiger partial charge in [-0.15, -0.1) is 0 Å². The number of carboxylic acids is 1. The van der Waals surface area contributed by atoms with Crippen molar-refractivity contribution in [2.75, 3.05) is 6.54 Å². The molecule has 0 bridgehead atoms. The number of benzene rings is 1. The van der Waals surface area contributed by atoms with Crippen molar-refractivity contribution in [1.82, 2.24) is 4.90 Å². The topological polar surface area (TPSA) is 53.7 Å². The maximum atomic E-state index is 13.5. The fourth-order valence-corrected chi connectivity index (χ4v) is 3.01. The van der Waals surface area contributed by atoms with Gasteiger partial charge in [0.05, 0.1) is 12.3 Å². The number of furan rings is 1. The molecule has 0 spiro atoms. The van der Waals surface area contributed by atoms with Gasteiger partial charge in [0.15, 0.2) is 0 Å². The highest BCUT2D eigenvalue weighted by Crippen LogP contribution is 2.35. The monoisotopic (exact) mass is 289 g/mol. The average molecular weight is 289 g/mol. The van der Waals surface area contributed by atoms with Crippen LogP contribution in [0.4, 0.5) is 4.39 Å². The van der Waals surface area contributed by atoms with Crippen LogP contribution in [0.5, 0.6) is 0 Å². The van der Waals surface area contributed by atoms with E-state index in [1.54, 1.807) is 30.5 Å². The largest absolute Gasteiger partial charge is 0.480 e. The second kappa shape index (κ2) is 5.69. The Kier molecular flexibility index (Phi) is 3.75. The molecule has 0 aliphatic carbocycles. The summed E-state index contributed by atoms with van der Waals surface area (Å²) in [5.74, 6) is -0.552. The molecule has 3 rings (SSSR count). The molecule has 1 fully saturated rings. The molecule has 110 valence electrons. The number of nitrogens with zero attached hydrogens (tertiary/aromatic N) is 1. The van der Waals surface area contributed by atoms with Crippen LogP contribution >= 0.6 is 0 Å². The molecule has 21 heavy (non-hydrogen) atoms. The van der Waals surface area contributed by atoms with Gasteiger partial charge in [-0.1, -0.05) is 12.1 Å². The summed E-state index contributed by atoms with van der Waals surface area (Å²) in [5, 5.41) is 9.39. The fraction of sp³-hybridized carbons (Fsp3) is 0.312. The van der Waals surface area contributed by atoms with Gasteiger partial charge in [0.1, 0.15) is 17.6 Å². The predicted molar refractivity (Wildman–Crippen MR) is 74.3 cm³/mol. The van der Waals surface area contributed by atoms with Gasteiger partial charge in [-0.3, -0.25) is 9.69 Å². The second-order valence-electron chi connectivity index (χ2n) is 5.21. The zero-order chi connectivity index (χ0) is 14.8. The first kappa shape index (κ1) is 13.8. The first-order valence-corrected chi connectivity index (χ1v) is 6.94. The number of carbonyl (C=O) groups is 1. The predicted octanol–water partition coefficient (Wildman–Crippen LogP) is 3.06. The summed E-state index contributed by atoms with van der Waals surface area (Å²) in [5.41, 5.74) is 0.707. The molecule has 0 amide bonds. The summed E-state index contributed by atoms with van der Waals surface area (Å²) in [7, 11) is 0. The van der Waals surface area contributed by atoms with Crippen molar-refractivity contribution in [2.24, 2.45) is 0 Å². The minimum Gasteiger partial charge on any atom is -0.480 e. The molecule has 1 saturated heterocycles. The van der Waals surface area contributed by atoms with Gasteiger partial charge in [-0.25, -0.2) is 4.39 Å². The third-order valence-electron chi connectivity index (χ3n) is 3.89. The standard InChI is InChI=1S/C16H16FNO3/c17-12-5-1-4-11(10-12)15(14-7-3-9-21-14)18-8-2-6-13(18)16(19)20/h1,3-5,7,9-10,13,15H,2,6,8H2,(H,19,20). The van der Waals surface area contributed by atoms with Crippen LogP contribution in [-0.2, 0) is 4.79 Å². The quantitative estimate of drug-likeness (QED) is 0.940. The van der Waals surface area contributed by atoms with E-state index in [1.165, 1.54) is 12.1 Å². The number of carboxylic acid groups (broad SMARTS) is 1. The Hall–Kier alpha value is -2.14. The van der Waals surface area contributed by atoms with Crippen LogP contribution in [0.15, 0.2) is 47.1 Å². The third kappa shape index (κ3) is 2.69. The Bertz CT molecular complexity index is 626. The summed E-state index contributed by atoms with van der Waals surface area (Å²) in [6, 6.07) is 8.86. The van der Waals surface area contributed by atoms with Crippen LogP contribution in [-0.4, -0.2) is 28.6 Å². The molecule has 4 nitrogen and oxygen atoms in total. The lowest BCUT2D eigenvalue weighted by Gasteiger charge is -2.30. The summed E-state index contributed by atoms with van der Waals surface area (Å²) >= 11 is 0. The van der Waals surface area contributed by atoms with Crippen LogP contribution in [0.2, 0.25) is 0 Å². The van der Waals surface area contributed by atoms with Gasteiger partial charge >= 0.3 is 5.97 Å². The minimum absolute atomic E-state index is 0.338. The van der Waals surface area contributed by atoms with Gasteiger partial charge in [-0.2, -0.15) is 0 Å². The first-order valence-electron chi connectivity index (χ1n) is 6.94. The Morgan fingerprint density at radius 2 is 2.24 bits per heavy atom. The number of rotatable bonds is 4. The van der Waals surface area contributed by atoms with Crippen LogP contribution in [0, 0.1) is 5.82 Å². The molecule has 1 aliphatic heterocycles. The van der Waals surface area contributed by atoms with Gasteiger partial charge in [0, 0.05) is 6.54 Å². The number of hydrogen-bond acceptors (Lipinski definition) is 3. The number of hydrogen-bond donors (Lipinski definition) is 1. The highest BCUT2D eigenvalue weighted by molar-refractivity contribution is 5.74. The van der Waals surface area contributed by atoms with Gasteiger partial charge in [-0.05, 0) is 42.7 Å². The SMILES string of the molecule is O=C(O)C1CCCN1C(c1cccc(F)c1)c1ccco1. The number of likely N-dealkylation sites (tertiary alicyclic amines) is 1. The summed E-state index contributed by atoms with van der Waals surface area (Å²) in [6.45, 7) is 0.652. The van der Waals surface area contributed by atoms with Gasteiger partial charge in [0.2, 0.25) is 0 Å². The van der Waals surface area contributed by atoms with Crippen LogP contribution in [0.1, 0.15) is 30.2 Å². The van der Waals surface area contributed by atoms with Crippen molar-refractivity contribution in [1.29, 1.82) is 0 Å². The molecule has 2 unspecified atom stereocenters. The Balaban J connectivity index is 2.03. The van der Waals surface area contributed by atoms with E-state index in [-0.39, 0.29) is 11.9 Å². The molecular weight excluding hydrogens is 273 g/mol. The van der Waals surface area contributed by atoms with Crippen molar-refractivity contribution in [3.63, 3.8) is 0 Å². The fourth-order valence-electron chi connectivity index (χ4n) is 3.01. The highest BCUT2D eigenvalue weighted by atomic mass is 19.1.